The lowest BCUT2D eigenvalue weighted by atomic mass is 10.1. The molecule has 1 aromatic carbocycles. The van der Waals surface area contributed by atoms with Gasteiger partial charge in [0, 0.05) is 13.6 Å². The maximum absolute atomic E-state index is 12.6. The molecule has 2 heterocycles. The predicted molar refractivity (Wildman–Crippen MR) is 104 cm³/mol. The van der Waals surface area contributed by atoms with E-state index in [9.17, 15) is 9.59 Å². The maximum Gasteiger partial charge on any atom is 0.346 e. The van der Waals surface area contributed by atoms with E-state index in [1.807, 2.05) is 37.3 Å². The highest BCUT2D eigenvalue weighted by molar-refractivity contribution is 5.76. The molecule has 0 fully saturated rings. The van der Waals surface area contributed by atoms with E-state index in [0.29, 0.717) is 24.6 Å². The Hall–Kier alpha value is -3.23. The minimum absolute atomic E-state index is 0.133. The molecule has 28 heavy (non-hydrogen) atoms. The Morgan fingerprint density at radius 1 is 1.25 bits per heavy atom. The second kappa shape index (κ2) is 8.64. The van der Waals surface area contributed by atoms with Gasteiger partial charge in [-0.05, 0) is 25.3 Å². The van der Waals surface area contributed by atoms with Crippen LogP contribution in [-0.2, 0) is 31.4 Å². The molecule has 1 atom stereocenters. The number of carbonyl (C=O) groups excluding carboxylic acids is 1. The van der Waals surface area contributed by atoms with Crippen molar-refractivity contribution in [1.29, 1.82) is 0 Å². The van der Waals surface area contributed by atoms with Crippen molar-refractivity contribution in [2.24, 2.45) is 7.05 Å². The zero-order chi connectivity index (χ0) is 20.1. The molecule has 0 saturated heterocycles. The normalized spacial score (nSPS) is 12.1. The van der Waals surface area contributed by atoms with Crippen LogP contribution in [0.2, 0.25) is 0 Å². The second-order valence-corrected chi connectivity index (χ2v) is 6.64. The molecule has 0 spiro atoms. The second-order valence-electron chi connectivity index (χ2n) is 6.64. The molecule has 9 heteroatoms. The highest BCUT2D eigenvalue weighted by Crippen LogP contribution is 2.12. The first-order chi connectivity index (χ1) is 13.5. The first-order valence-corrected chi connectivity index (χ1v) is 9.31. The fourth-order valence-electron chi connectivity index (χ4n) is 3.14. The van der Waals surface area contributed by atoms with Gasteiger partial charge in [0.25, 0.3) is 0 Å². The van der Waals surface area contributed by atoms with Crippen LogP contribution >= 0.6 is 0 Å². The molecular weight excluding hydrogens is 358 g/mol. The number of aryl methyl sites for hydroxylation is 3. The van der Waals surface area contributed by atoms with Crippen molar-refractivity contribution in [2.75, 3.05) is 0 Å². The molecule has 1 unspecified atom stereocenters. The van der Waals surface area contributed by atoms with Gasteiger partial charge in [-0.3, -0.25) is 14.0 Å². The van der Waals surface area contributed by atoms with Gasteiger partial charge >= 0.3 is 5.69 Å². The summed E-state index contributed by atoms with van der Waals surface area (Å²) in [4.78, 5) is 29.3. The van der Waals surface area contributed by atoms with E-state index in [-0.39, 0.29) is 24.2 Å². The molecule has 148 valence electrons. The van der Waals surface area contributed by atoms with Crippen LogP contribution < -0.4 is 11.0 Å². The molecule has 3 rings (SSSR count). The SMILES string of the molecule is CCC(NC(=O)Cn1nc(C)n(CCc2ccccc2)c1=O)c1ncnn1C. The summed E-state index contributed by atoms with van der Waals surface area (Å²) in [5.41, 5.74) is 0.865. The monoisotopic (exact) mass is 383 g/mol. The lowest BCUT2D eigenvalue weighted by Gasteiger charge is -2.15. The first-order valence-electron chi connectivity index (χ1n) is 9.31. The molecule has 0 bridgehead atoms. The van der Waals surface area contributed by atoms with Crippen molar-refractivity contribution < 1.29 is 4.79 Å². The topological polar surface area (TPSA) is 99.6 Å². The fourth-order valence-corrected chi connectivity index (χ4v) is 3.14. The van der Waals surface area contributed by atoms with E-state index in [1.165, 1.54) is 11.0 Å². The average Bonchev–Trinajstić information content (AvgIpc) is 3.22. The Balaban J connectivity index is 1.66. The van der Waals surface area contributed by atoms with Crippen LogP contribution in [0.25, 0.3) is 0 Å². The fraction of sp³-hybridized carbons (Fsp3) is 0.421. The third-order valence-electron chi connectivity index (χ3n) is 4.67. The van der Waals surface area contributed by atoms with Crippen LogP contribution in [0.15, 0.2) is 41.5 Å². The van der Waals surface area contributed by atoms with Gasteiger partial charge in [0.05, 0.1) is 6.04 Å². The number of hydrogen-bond acceptors (Lipinski definition) is 5. The molecule has 0 aliphatic heterocycles. The van der Waals surface area contributed by atoms with E-state index in [1.54, 1.807) is 23.2 Å². The van der Waals surface area contributed by atoms with Crippen molar-refractivity contribution in [1.82, 2.24) is 34.4 Å². The molecule has 2 aromatic heterocycles. The zero-order valence-electron chi connectivity index (χ0n) is 16.4. The number of nitrogens with zero attached hydrogens (tertiary/aromatic N) is 6. The van der Waals surface area contributed by atoms with Crippen LogP contribution in [-0.4, -0.2) is 35.0 Å². The van der Waals surface area contributed by atoms with Gasteiger partial charge in [0.15, 0.2) is 0 Å². The number of nitrogens with one attached hydrogen (secondary N) is 1. The molecule has 1 N–H and O–H groups in total. The Morgan fingerprint density at radius 3 is 2.64 bits per heavy atom. The van der Waals surface area contributed by atoms with Crippen LogP contribution in [0.4, 0.5) is 0 Å². The van der Waals surface area contributed by atoms with E-state index in [0.717, 1.165) is 12.0 Å². The third-order valence-corrected chi connectivity index (χ3v) is 4.67. The molecule has 0 saturated carbocycles. The van der Waals surface area contributed by atoms with Crippen LogP contribution in [0.3, 0.4) is 0 Å². The standard InChI is InChI=1S/C19H25N7O2/c1-4-16(18-20-13-21-24(18)3)22-17(27)12-26-19(28)25(14(2)23-26)11-10-15-8-6-5-7-9-15/h5-9,13,16H,4,10-12H2,1-3H3,(H,22,27). The average molecular weight is 383 g/mol. The van der Waals surface area contributed by atoms with Gasteiger partial charge < -0.3 is 5.32 Å². The van der Waals surface area contributed by atoms with Gasteiger partial charge in [-0.25, -0.2) is 14.5 Å². The van der Waals surface area contributed by atoms with E-state index in [2.05, 4.69) is 20.5 Å². The Morgan fingerprint density at radius 2 is 2.00 bits per heavy atom. The highest BCUT2D eigenvalue weighted by atomic mass is 16.2. The molecule has 3 aromatic rings. The number of hydrogen-bond donors (Lipinski definition) is 1. The lowest BCUT2D eigenvalue weighted by Crippen LogP contribution is -2.36. The smallest absolute Gasteiger partial charge is 0.344 e. The minimum atomic E-state index is -0.287. The number of carbonyl (C=O) groups is 1. The summed E-state index contributed by atoms with van der Waals surface area (Å²) >= 11 is 0. The molecule has 0 radical (unpaired) electrons. The molecule has 1 amide bonds. The molecule has 9 nitrogen and oxygen atoms in total. The van der Waals surface area contributed by atoms with Crippen molar-refractivity contribution in [3.8, 4) is 0 Å². The van der Waals surface area contributed by atoms with Crippen LogP contribution in [0.5, 0.6) is 0 Å². The summed E-state index contributed by atoms with van der Waals surface area (Å²) in [6.07, 6.45) is 2.84. The van der Waals surface area contributed by atoms with Crippen molar-refractivity contribution in [2.45, 2.75) is 45.8 Å². The first kappa shape index (κ1) is 19.5. The quantitative estimate of drug-likeness (QED) is 0.625. The van der Waals surface area contributed by atoms with Crippen LogP contribution in [0.1, 0.15) is 36.6 Å². The van der Waals surface area contributed by atoms with E-state index in [4.69, 9.17) is 0 Å². The van der Waals surface area contributed by atoms with E-state index >= 15 is 0 Å². The largest absolute Gasteiger partial charge is 0.346 e. The summed E-state index contributed by atoms with van der Waals surface area (Å²) in [7, 11) is 1.78. The Bertz CT molecular complexity index is 987. The van der Waals surface area contributed by atoms with Gasteiger partial charge in [-0.15, -0.1) is 0 Å². The number of aromatic nitrogens is 6. The van der Waals surface area contributed by atoms with Gasteiger partial charge in [0.2, 0.25) is 5.91 Å². The number of rotatable bonds is 8. The maximum atomic E-state index is 12.6. The van der Waals surface area contributed by atoms with Gasteiger partial charge in [-0.1, -0.05) is 37.3 Å². The third kappa shape index (κ3) is 4.36. The van der Waals surface area contributed by atoms with E-state index < -0.39 is 0 Å². The summed E-state index contributed by atoms with van der Waals surface area (Å²) in [6.45, 7) is 4.11. The summed E-state index contributed by atoms with van der Waals surface area (Å²) in [5.74, 6) is 0.978. The van der Waals surface area contributed by atoms with Crippen molar-refractivity contribution in [3.05, 3.63) is 64.4 Å². The lowest BCUT2D eigenvalue weighted by molar-refractivity contribution is -0.122. The Kier molecular flexibility index (Phi) is 6.03. The summed E-state index contributed by atoms with van der Waals surface area (Å²) in [5, 5.41) is 11.2. The molecular formula is C19H25N7O2. The number of amides is 1. The highest BCUT2D eigenvalue weighted by Gasteiger charge is 2.19. The van der Waals surface area contributed by atoms with Crippen molar-refractivity contribution >= 4 is 5.91 Å². The van der Waals surface area contributed by atoms with Crippen LogP contribution in [0, 0.1) is 6.92 Å². The zero-order valence-corrected chi connectivity index (χ0v) is 16.4. The minimum Gasteiger partial charge on any atom is -0.344 e. The Labute approximate surface area is 163 Å². The summed E-state index contributed by atoms with van der Waals surface area (Å²) < 4.78 is 4.43. The molecule has 0 aliphatic carbocycles. The predicted octanol–water partition coefficient (Wildman–Crippen LogP) is 0.992. The summed E-state index contributed by atoms with van der Waals surface area (Å²) in [6, 6.07) is 9.69. The van der Waals surface area contributed by atoms with Crippen molar-refractivity contribution in [3.63, 3.8) is 0 Å². The van der Waals surface area contributed by atoms with Gasteiger partial charge in [-0.2, -0.15) is 10.2 Å². The molecule has 0 aliphatic rings. The van der Waals surface area contributed by atoms with Gasteiger partial charge in [0.1, 0.15) is 24.5 Å². The number of benzene rings is 1.